The first kappa shape index (κ1) is 101. The molecule has 0 radical (unpaired) electrons. The van der Waals surface area contributed by atoms with Crippen LogP contribution in [0.5, 0.6) is 0 Å². The Morgan fingerprint density at radius 2 is 0.500 bits per heavy atom. The van der Waals surface area contributed by atoms with Crippen molar-refractivity contribution in [2.24, 2.45) is 0 Å². The number of aliphatic hydroxyl groups excluding tert-OH is 1. The number of hydrogen-bond acceptors (Lipinski definition) is 15. The van der Waals surface area contributed by atoms with Gasteiger partial charge in [0, 0.05) is 25.7 Å². The van der Waals surface area contributed by atoms with Crippen LogP contribution in [0.25, 0.3) is 0 Å². The van der Waals surface area contributed by atoms with Crippen molar-refractivity contribution in [3.63, 3.8) is 0 Å². The van der Waals surface area contributed by atoms with Crippen LogP contribution in [-0.4, -0.2) is 96.7 Å². The van der Waals surface area contributed by atoms with Crippen molar-refractivity contribution < 1.29 is 80.2 Å². The molecule has 0 saturated carbocycles. The van der Waals surface area contributed by atoms with Gasteiger partial charge in [0.25, 0.3) is 0 Å². The van der Waals surface area contributed by atoms with Crippen LogP contribution in [0.3, 0.4) is 0 Å². The van der Waals surface area contributed by atoms with Crippen molar-refractivity contribution in [3.8, 4) is 0 Å². The molecule has 17 nitrogen and oxygen atoms in total. The number of phosphoric ester groups is 2. The van der Waals surface area contributed by atoms with Crippen LogP contribution < -0.4 is 0 Å². The SMILES string of the molecule is CC/C=C\C/C=C\C/C=C\C/C=C\C/C=C\CCCC(=O)OC(COC(=O)CCCCCCCC/C=C\C/C=C\C/C=C\C/C=C\CC)COP(=O)(O)OCC(O)COP(=O)(O)OCC(COC(=O)CCCCCCC/C=C\CCCCCCCC)OC(=O)CCCCCCC/C=C\CCCCCCCC. The maximum Gasteiger partial charge on any atom is 0.472 e. The van der Waals surface area contributed by atoms with Gasteiger partial charge < -0.3 is 33.8 Å². The van der Waals surface area contributed by atoms with E-state index in [1.165, 1.54) is 77.0 Å². The monoisotopic (exact) mass is 1530 g/mol. The highest BCUT2D eigenvalue weighted by Crippen LogP contribution is 2.45. The Balaban J connectivity index is 5.44. The Kier molecular flexibility index (Phi) is 74.8. The molecule has 0 saturated heterocycles. The number of allylic oxidation sites excluding steroid dienone is 22. The van der Waals surface area contributed by atoms with E-state index in [-0.39, 0.29) is 25.7 Å². The predicted octanol–water partition coefficient (Wildman–Crippen LogP) is 24.4. The topological polar surface area (TPSA) is 237 Å². The molecule has 0 bridgehead atoms. The van der Waals surface area contributed by atoms with E-state index in [1.54, 1.807) is 0 Å². The third-order valence-corrected chi connectivity index (χ3v) is 19.0. The van der Waals surface area contributed by atoms with Crippen molar-refractivity contribution >= 4 is 39.5 Å². The predicted molar refractivity (Wildman–Crippen MR) is 436 cm³/mol. The van der Waals surface area contributed by atoms with E-state index in [2.05, 4.69) is 149 Å². The summed E-state index contributed by atoms with van der Waals surface area (Å²) in [6.45, 7) is 4.57. The number of carbonyl (C=O) groups is 4. The molecular formula is C87H148O17P2. The summed E-state index contributed by atoms with van der Waals surface area (Å²) in [4.78, 5) is 73.1. The van der Waals surface area contributed by atoms with E-state index in [9.17, 15) is 43.2 Å². The molecule has 0 amide bonds. The van der Waals surface area contributed by atoms with Crippen LogP contribution >= 0.6 is 15.6 Å². The van der Waals surface area contributed by atoms with E-state index in [4.69, 9.17) is 37.0 Å². The Morgan fingerprint density at radius 1 is 0.274 bits per heavy atom. The quantitative estimate of drug-likeness (QED) is 0.0169. The van der Waals surface area contributed by atoms with Crippen LogP contribution in [0.4, 0.5) is 0 Å². The fourth-order valence-electron chi connectivity index (χ4n) is 10.8. The Hall–Kier alpha value is -4.80. The molecule has 0 aliphatic carbocycles. The van der Waals surface area contributed by atoms with Gasteiger partial charge in [0.05, 0.1) is 26.4 Å². The molecule has 3 N–H and O–H groups in total. The van der Waals surface area contributed by atoms with Gasteiger partial charge in [0.1, 0.15) is 19.3 Å². The summed E-state index contributed by atoms with van der Waals surface area (Å²) in [6.07, 6.45) is 88.5. The molecule has 5 unspecified atom stereocenters. The minimum atomic E-state index is -5.00. The molecule has 0 aliphatic heterocycles. The van der Waals surface area contributed by atoms with Crippen molar-refractivity contribution in [2.45, 2.75) is 354 Å². The van der Waals surface area contributed by atoms with Gasteiger partial charge in [-0.3, -0.25) is 37.3 Å². The number of hydrogen-bond donors (Lipinski definition) is 3. The molecule has 0 aromatic rings. The maximum atomic E-state index is 13.1. The fourth-order valence-corrected chi connectivity index (χ4v) is 12.4. The first-order chi connectivity index (χ1) is 51.7. The Labute approximate surface area is 644 Å². The van der Waals surface area contributed by atoms with Gasteiger partial charge in [-0.25, -0.2) is 9.13 Å². The molecule has 0 aliphatic rings. The third-order valence-electron chi connectivity index (χ3n) is 17.1. The lowest BCUT2D eigenvalue weighted by Gasteiger charge is -2.21. The third kappa shape index (κ3) is 77.4. The van der Waals surface area contributed by atoms with Crippen LogP contribution in [-0.2, 0) is 65.4 Å². The number of carbonyl (C=O) groups excluding carboxylic acids is 4. The van der Waals surface area contributed by atoms with Crippen LogP contribution in [0, 0.1) is 0 Å². The summed E-state index contributed by atoms with van der Waals surface area (Å²) in [5, 5.41) is 10.7. The molecular weight excluding hydrogens is 1380 g/mol. The lowest BCUT2D eigenvalue weighted by Crippen LogP contribution is -2.30. The minimum Gasteiger partial charge on any atom is -0.462 e. The number of esters is 4. The molecule has 0 heterocycles. The molecule has 106 heavy (non-hydrogen) atoms. The van der Waals surface area contributed by atoms with Crippen LogP contribution in [0.15, 0.2) is 134 Å². The molecule has 19 heteroatoms. The highest BCUT2D eigenvalue weighted by Gasteiger charge is 2.30. The number of phosphoric acid groups is 2. The molecule has 0 aromatic carbocycles. The summed E-state index contributed by atoms with van der Waals surface area (Å²) in [5.41, 5.74) is 0. The normalized spacial score (nSPS) is 14.5. The van der Waals surface area contributed by atoms with Crippen molar-refractivity contribution in [3.05, 3.63) is 134 Å². The van der Waals surface area contributed by atoms with Gasteiger partial charge >= 0.3 is 39.5 Å². The maximum absolute atomic E-state index is 13.1. The number of unbranched alkanes of at least 4 members (excludes halogenated alkanes) is 29. The molecule has 5 atom stereocenters. The molecule has 0 rings (SSSR count). The van der Waals surface area contributed by atoms with E-state index in [0.29, 0.717) is 32.1 Å². The Bertz CT molecular complexity index is 2530. The molecule has 0 fully saturated rings. The zero-order valence-corrected chi connectivity index (χ0v) is 68.4. The number of rotatable bonds is 77. The van der Waals surface area contributed by atoms with Crippen LogP contribution in [0.1, 0.15) is 336 Å². The van der Waals surface area contributed by atoms with E-state index in [0.717, 1.165) is 173 Å². The van der Waals surface area contributed by atoms with Gasteiger partial charge in [-0.1, -0.05) is 290 Å². The second kappa shape index (κ2) is 78.3. The summed E-state index contributed by atoms with van der Waals surface area (Å²) >= 11 is 0. The highest BCUT2D eigenvalue weighted by atomic mass is 31.2. The average molecular weight is 1530 g/mol. The second-order valence-electron chi connectivity index (χ2n) is 27.3. The van der Waals surface area contributed by atoms with Gasteiger partial charge in [-0.15, -0.1) is 0 Å². The number of aliphatic hydroxyl groups is 1. The molecule has 0 aromatic heterocycles. The van der Waals surface area contributed by atoms with E-state index >= 15 is 0 Å². The average Bonchev–Trinajstić information content (AvgIpc) is 0.907. The lowest BCUT2D eigenvalue weighted by molar-refractivity contribution is -0.161. The zero-order valence-electron chi connectivity index (χ0n) is 66.6. The van der Waals surface area contributed by atoms with Gasteiger partial charge in [-0.05, 0) is 154 Å². The second-order valence-corrected chi connectivity index (χ2v) is 30.2. The Morgan fingerprint density at radius 3 is 0.802 bits per heavy atom. The van der Waals surface area contributed by atoms with Crippen molar-refractivity contribution in [1.29, 1.82) is 0 Å². The summed E-state index contributed by atoms with van der Waals surface area (Å²) in [5.74, 6) is -2.27. The van der Waals surface area contributed by atoms with Crippen molar-refractivity contribution in [2.75, 3.05) is 39.6 Å². The lowest BCUT2D eigenvalue weighted by atomic mass is 10.1. The zero-order chi connectivity index (χ0) is 77.4. The van der Waals surface area contributed by atoms with E-state index in [1.807, 2.05) is 12.2 Å². The molecule has 608 valence electrons. The fraction of sp³-hybridized carbons (Fsp3) is 0.701. The smallest absolute Gasteiger partial charge is 0.462 e. The summed E-state index contributed by atoms with van der Waals surface area (Å²) < 4.78 is 68.6. The summed E-state index contributed by atoms with van der Waals surface area (Å²) in [7, 11) is -9.99. The van der Waals surface area contributed by atoms with Gasteiger partial charge in [-0.2, -0.15) is 0 Å². The standard InChI is InChI=1S/C87H148O17P2/c1-5-9-13-17-21-25-29-33-37-39-40-42-45-48-52-56-60-64-68-72-85(90)98-78-83(104-87(92)74-70-66-62-58-54-50-46-41-38-34-30-26-22-18-14-10-6-2)80-102-106(95,96)100-76-81(88)75-99-105(93,94)101-79-82(103-86(91)73-69-65-61-57-53-49-44-36-32-28-24-20-16-12-8-4)77-97-84(89)71-67-63-59-55-51-47-43-35-31-27-23-19-15-11-7-3/h9-10,13-14,21-22,25-26,33-38,40,42-44,46,50,58,62,81-83,88H,5-8,11-12,15-20,23-24,27-32,39,41,45,47-49,51-57,59-61,63-80H2,1-4H3,(H,93,94)(H,95,96)/b13-9-,14-10-,25-21-,26-22-,37-33-,38-34-,42-40-,43-35-,44-36-,50-46-,62-58-. The first-order valence-corrected chi connectivity index (χ1v) is 44.4. The summed E-state index contributed by atoms with van der Waals surface area (Å²) in [6, 6.07) is 0. The minimum absolute atomic E-state index is 0.00971. The highest BCUT2D eigenvalue weighted by molar-refractivity contribution is 7.47. The largest absolute Gasteiger partial charge is 0.472 e. The van der Waals surface area contributed by atoms with Gasteiger partial charge in [0.2, 0.25) is 0 Å². The first-order valence-electron chi connectivity index (χ1n) is 41.4. The van der Waals surface area contributed by atoms with Crippen LogP contribution in [0.2, 0.25) is 0 Å². The molecule has 0 spiro atoms. The van der Waals surface area contributed by atoms with Crippen molar-refractivity contribution in [1.82, 2.24) is 0 Å². The van der Waals surface area contributed by atoms with E-state index < -0.39 is 97.5 Å². The van der Waals surface area contributed by atoms with Gasteiger partial charge in [0.15, 0.2) is 12.2 Å². The number of ether oxygens (including phenoxy) is 4.